The molecule has 16 heavy (non-hydrogen) atoms. The van der Waals surface area contributed by atoms with E-state index in [2.05, 4.69) is 14.7 Å². The summed E-state index contributed by atoms with van der Waals surface area (Å²) in [5.41, 5.74) is -0.732. The first-order valence-corrected chi connectivity index (χ1v) is 5.82. The van der Waals surface area contributed by atoms with Crippen molar-refractivity contribution < 1.29 is 14.6 Å². The normalized spacial score (nSPS) is 19.2. The predicted octanol–water partition coefficient (Wildman–Crippen LogP) is 0.831. The van der Waals surface area contributed by atoms with E-state index in [4.69, 9.17) is 4.74 Å². The third-order valence-electron chi connectivity index (χ3n) is 2.84. The molecule has 0 atom stereocenters. The molecule has 1 saturated heterocycles. The standard InChI is InChI=1S/C9H13N3O3S/c13-7(14)9(1-3-15-4-2-9)5-10-8-11-6-12-16-8/h6H,1-5H2,(H,13,14)(H,10,11,12). The molecule has 0 spiro atoms. The molecule has 1 aliphatic rings. The van der Waals surface area contributed by atoms with Crippen molar-refractivity contribution in [2.45, 2.75) is 12.8 Å². The molecular weight excluding hydrogens is 230 g/mol. The summed E-state index contributed by atoms with van der Waals surface area (Å²) in [6.45, 7) is 1.38. The molecule has 1 aromatic rings. The number of carboxylic acid groups (broad SMARTS) is 1. The van der Waals surface area contributed by atoms with Crippen molar-refractivity contribution in [3.63, 3.8) is 0 Å². The Morgan fingerprint density at radius 2 is 2.38 bits per heavy atom. The number of carboxylic acids is 1. The number of nitrogens with zero attached hydrogens (tertiary/aromatic N) is 2. The Morgan fingerprint density at radius 3 is 2.94 bits per heavy atom. The van der Waals surface area contributed by atoms with E-state index in [1.165, 1.54) is 17.9 Å². The molecule has 1 aliphatic heterocycles. The molecule has 0 aromatic carbocycles. The second-order valence-electron chi connectivity index (χ2n) is 3.80. The van der Waals surface area contributed by atoms with Gasteiger partial charge in [0.15, 0.2) is 0 Å². The first kappa shape index (κ1) is 11.3. The van der Waals surface area contributed by atoms with Crippen LogP contribution < -0.4 is 5.32 Å². The predicted molar refractivity (Wildman–Crippen MR) is 58.5 cm³/mol. The van der Waals surface area contributed by atoms with Crippen LogP contribution in [0.4, 0.5) is 5.13 Å². The van der Waals surface area contributed by atoms with Gasteiger partial charge in [0.05, 0.1) is 5.41 Å². The van der Waals surface area contributed by atoms with Gasteiger partial charge in [-0.1, -0.05) is 0 Å². The maximum absolute atomic E-state index is 11.3. The van der Waals surface area contributed by atoms with E-state index in [-0.39, 0.29) is 0 Å². The summed E-state index contributed by atoms with van der Waals surface area (Å²) in [6.07, 6.45) is 2.52. The van der Waals surface area contributed by atoms with E-state index in [0.717, 1.165) is 0 Å². The average Bonchev–Trinajstić information content (AvgIpc) is 2.80. The molecule has 2 rings (SSSR count). The zero-order valence-electron chi connectivity index (χ0n) is 8.68. The van der Waals surface area contributed by atoms with Gasteiger partial charge < -0.3 is 15.2 Å². The summed E-state index contributed by atoms with van der Waals surface area (Å²) in [6, 6.07) is 0. The lowest BCUT2D eigenvalue weighted by molar-refractivity contribution is -0.153. The van der Waals surface area contributed by atoms with E-state index in [0.29, 0.717) is 37.7 Å². The fourth-order valence-corrected chi connectivity index (χ4v) is 2.15. The summed E-state index contributed by atoms with van der Waals surface area (Å²) in [4.78, 5) is 15.3. The van der Waals surface area contributed by atoms with Crippen molar-refractivity contribution in [2.75, 3.05) is 25.1 Å². The van der Waals surface area contributed by atoms with Gasteiger partial charge in [-0.15, -0.1) is 0 Å². The molecule has 0 unspecified atom stereocenters. The molecule has 1 fully saturated rings. The summed E-state index contributed by atoms with van der Waals surface area (Å²) >= 11 is 1.23. The van der Waals surface area contributed by atoms with Gasteiger partial charge in [0.25, 0.3) is 0 Å². The van der Waals surface area contributed by atoms with Crippen LogP contribution >= 0.6 is 11.5 Å². The monoisotopic (exact) mass is 243 g/mol. The smallest absolute Gasteiger partial charge is 0.311 e. The summed E-state index contributed by atoms with van der Waals surface area (Å²) in [5.74, 6) is -0.771. The van der Waals surface area contributed by atoms with Crippen LogP contribution in [0.15, 0.2) is 6.33 Å². The Kier molecular flexibility index (Phi) is 3.35. The van der Waals surface area contributed by atoms with Crippen molar-refractivity contribution in [2.24, 2.45) is 5.41 Å². The number of nitrogens with one attached hydrogen (secondary N) is 1. The second kappa shape index (κ2) is 4.75. The number of aliphatic carboxylic acids is 1. The van der Waals surface area contributed by atoms with Crippen molar-refractivity contribution in [3.8, 4) is 0 Å². The van der Waals surface area contributed by atoms with Crippen LogP contribution in [0.5, 0.6) is 0 Å². The fraction of sp³-hybridized carbons (Fsp3) is 0.667. The van der Waals surface area contributed by atoms with Gasteiger partial charge in [-0.3, -0.25) is 4.79 Å². The molecule has 0 bridgehead atoms. The molecular formula is C9H13N3O3S. The number of anilines is 1. The Morgan fingerprint density at radius 1 is 1.62 bits per heavy atom. The van der Waals surface area contributed by atoms with Crippen LogP contribution in [0, 0.1) is 5.41 Å². The van der Waals surface area contributed by atoms with E-state index in [9.17, 15) is 9.90 Å². The summed E-state index contributed by atoms with van der Waals surface area (Å²) in [7, 11) is 0. The van der Waals surface area contributed by atoms with Gasteiger partial charge in [0.2, 0.25) is 5.13 Å². The molecule has 0 amide bonds. The van der Waals surface area contributed by atoms with Crippen LogP contribution in [0.2, 0.25) is 0 Å². The van der Waals surface area contributed by atoms with Crippen molar-refractivity contribution in [1.29, 1.82) is 0 Å². The Balaban J connectivity index is 2.00. The van der Waals surface area contributed by atoms with Crippen LogP contribution in [0.3, 0.4) is 0 Å². The Labute approximate surface area is 96.8 Å². The average molecular weight is 243 g/mol. The highest BCUT2D eigenvalue weighted by atomic mass is 32.1. The van der Waals surface area contributed by atoms with Crippen molar-refractivity contribution in [1.82, 2.24) is 9.36 Å². The summed E-state index contributed by atoms with van der Waals surface area (Å²) in [5, 5.41) is 13.0. The van der Waals surface area contributed by atoms with E-state index in [1.54, 1.807) is 0 Å². The van der Waals surface area contributed by atoms with Crippen LogP contribution in [0.1, 0.15) is 12.8 Å². The van der Waals surface area contributed by atoms with Crippen LogP contribution in [-0.4, -0.2) is 40.2 Å². The molecule has 1 aromatic heterocycles. The maximum atomic E-state index is 11.3. The first-order chi connectivity index (χ1) is 7.73. The van der Waals surface area contributed by atoms with Gasteiger partial charge in [-0.05, 0) is 12.8 Å². The molecule has 88 valence electrons. The molecule has 0 aliphatic carbocycles. The largest absolute Gasteiger partial charge is 0.481 e. The SMILES string of the molecule is O=C(O)C1(CNc2ncns2)CCOCC1. The third kappa shape index (κ3) is 2.30. The highest BCUT2D eigenvalue weighted by Crippen LogP contribution is 2.31. The number of rotatable bonds is 4. The fourth-order valence-electron chi connectivity index (χ4n) is 1.72. The molecule has 2 heterocycles. The zero-order chi connectivity index (χ0) is 11.4. The molecule has 6 nitrogen and oxygen atoms in total. The minimum Gasteiger partial charge on any atom is -0.481 e. The van der Waals surface area contributed by atoms with Crippen molar-refractivity contribution >= 4 is 22.6 Å². The third-order valence-corrected chi connectivity index (χ3v) is 3.47. The minimum absolute atomic E-state index is 0.376. The van der Waals surface area contributed by atoms with Crippen molar-refractivity contribution in [3.05, 3.63) is 6.33 Å². The van der Waals surface area contributed by atoms with Gasteiger partial charge >= 0.3 is 5.97 Å². The lowest BCUT2D eigenvalue weighted by Gasteiger charge is -2.32. The quantitative estimate of drug-likeness (QED) is 0.815. The van der Waals surface area contributed by atoms with E-state index >= 15 is 0 Å². The number of aromatic nitrogens is 2. The van der Waals surface area contributed by atoms with Gasteiger partial charge in [0, 0.05) is 31.3 Å². The zero-order valence-corrected chi connectivity index (χ0v) is 9.50. The Hall–Kier alpha value is -1.21. The summed E-state index contributed by atoms with van der Waals surface area (Å²) < 4.78 is 9.04. The first-order valence-electron chi connectivity index (χ1n) is 5.05. The second-order valence-corrected chi connectivity index (χ2v) is 4.58. The molecule has 0 saturated carbocycles. The van der Waals surface area contributed by atoms with Gasteiger partial charge in [-0.25, -0.2) is 4.98 Å². The lowest BCUT2D eigenvalue weighted by atomic mass is 9.80. The molecule has 7 heteroatoms. The Bertz CT molecular complexity index is 349. The molecule has 0 radical (unpaired) electrons. The highest BCUT2D eigenvalue weighted by molar-refractivity contribution is 7.09. The van der Waals surface area contributed by atoms with E-state index < -0.39 is 11.4 Å². The van der Waals surface area contributed by atoms with E-state index in [1.807, 2.05) is 0 Å². The number of hydrogen-bond donors (Lipinski definition) is 2. The van der Waals surface area contributed by atoms with Crippen LogP contribution in [-0.2, 0) is 9.53 Å². The highest BCUT2D eigenvalue weighted by Gasteiger charge is 2.40. The van der Waals surface area contributed by atoms with Crippen LogP contribution in [0.25, 0.3) is 0 Å². The maximum Gasteiger partial charge on any atom is 0.311 e. The number of carbonyl (C=O) groups is 1. The minimum atomic E-state index is -0.771. The number of hydrogen-bond acceptors (Lipinski definition) is 6. The molecule has 2 N–H and O–H groups in total. The van der Waals surface area contributed by atoms with Gasteiger partial charge in [0.1, 0.15) is 6.33 Å². The number of ether oxygens (including phenoxy) is 1. The lowest BCUT2D eigenvalue weighted by Crippen LogP contribution is -2.42. The van der Waals surface area contributed by atoms with Gasteiger partial charge in [-0.2, -0.15) is 4.37 Å². The topological polar surface area (TPSA) is 84.3 Å².